The van der Waals surface area contributed by atoms with Gasteiger partial charge in [-0.1, -0.05) is 41.7 Å². The van der Waals surface area contributed by atoms with Gasteiger partial charge in [0.25, 0.3) is 5.56 Å². The predicted molar refractivity (Wildman–Crippen MR) is 116 cm³/mol. The highest BCUT2D eigenvalue weighted by Gasteiger charge is 2.08. The van der Waals surface area contributed by atoms with Gasteiger partial charge in [0.2, 0.25) is 4.96 Å². The molecule has 0 aliphatic heterocycles. The van der Waals surface area contributed by atoms with Crippen LogP contribution < -0.4 is 14.8 Å². The number of thioether (sulfide) groups is 1. The lowest BCUT2D eigenvalue weighted by atomic mass is 10.2. The normalized spacial score (nSPS) is 12.3. The standard InChI is InChI=1S/C21H17N3O2S2/c1-26-16-8-3-14(4-9-16)7-12-19-22-21-24(23-19)20(25)18(28-21)13-15-5-10-17(27-2)11-6-15/h3-13H,1-2H3/b12-7+,18-13+. The van der Waals surface area contributed by atoms with Gasteiger partial charge in [0, 0.05) is 4.90 Å². The third kappa shape index (κ3) is 3.85. The molecule has 2 aromatic carbocycles. The molecule has 0 amide bonds. The van der Waals surface area contributed by atoms with Crippen LogP contribution in [0.3, 0.4) is 0 Å². The quantitative estimate of drug-likeness (QED) is 0.473. The summed E-state index contributed by atoms with van der Waals surface area (Å²) in [7, 11) is 1.64. The van der Waals surface area contributed by atoms with E-state index in [0.717, 1.165) is 16.9 Å². The minimum absolute atomic E-state index is 0.148. The van der Waals surface area contributed by atoms with Crippen molar-refractivity contribution in [3.05, 3.63) is 80.4 Å². The molecule has 0 fully saturated rings. The Kier molecular flexibility index (Phi) is 5.27. The van der Waals surface area contributed by atoms with Gasteiger partial charge in [-0.15, -0.1) is 16.9 Å². The molecule has 0 saturated heterocycles. The van der Waals surface area contributed by atoms with E-state index in [9.17, 15) is 4.79 Å². The number of fused-ring (bicyclic) bond motifs is 1. The van der Waals surface area contributed by atoms with Crippen molar-refractivity contribution >= 4 is 46.3 Å². The predicted octanol–water partition coefficient (Wildman–Crippen LogP) is 3.60. The molecule has 0 aliphatic carbocycles. The van der Waals surface area contributed by atoms with Crippen LogP contribution in [-0.4, -0.2) is 28.0 Å². The summed E-state index contributed by atoms with van der Waals surface area (Å²) in [6, 6.07) is 15.8. The van der Waals surface area contributed by atoms with Crippen molar-refractivity contribution in [2.24, 2.45) is 0 Å². The second kappa shape index (κ2) is 8.00. The summed E-state index contributed by atoms with van der Waals surface area (Å²) in [4.78, 5) is 18.8. The van der Waals surface area contributed by atoms with E-state index in [2.05, 4.69) is 10.1 Å². The van der Waals surface area contributed by atoms with E-state index in [0.29, 0.717) is 15.3 Å². The molecule has 4 rings (SSSR count). The Morgan fingerprint density at radius 3 is 2.39 bits per heavy atom. The molecule has 0 radical (unpaired) electrons. The summed E-state index contributed by atoms with van der Waals surface area (Å²) in [6.07, 6.45) is 7.62. The second-order valence-electron chi connectivity index (χ2n) is 5.96. The average molecular weight is 408 g/mol. The molecule has 0 unspecified atom stereocenters. The number of hydrogen-bond donors (Lipinski definition) is 0. The van der Waals surface area contributed by atoms with Crippen molar-refractivity contribution in [1.29, 1.82) is 0 Å². The van der Waals surface area contributed by atoms with Gasteiger partial charge in [0.1, 0.15) is 5.75 Å². The van der Waals surface area contributed by atoms with Crippen molar-refractivity contribution in [2.75, 3.05) is 13.4 Å². The van der Waals surface area contributed by atoms with Crippen LogP contribution >= 0.6 is 23.1 Å². The monoisotopic (exact) mass is 407 g/mol. The Balaban J connectivity index is 1.61. The summed E-state index contributed by atoms with van der Waals surface area (Å²) in [6.45, 7) is 0. The highest BCUT2D eigenvalue weighted by atomic mass is 32.2. The van der Waals surface area contributed by atoms with Crippen molar-refractivity contribution < 1.29 is 4.74 Å². The zero-order chi connectivity index (χ0) is 19.5. The molecule has 2 aromatic heterocycles. The van der Waals surface area contributed by atoms with E-state index < -0.39 is 0 Å². The van der Waals surface area contributed by atoms with Gasteiger partial charge in [-0.25, -0.2) is 0 Å². The van der Waals surface area contributed by atoms with E-state index in [1.54, 1.807) is 24.9 Å². The van der Waals surface area contributed by atoms with Gasteiger partial charge in [0.05, 0.1) is 11.6 Å². The molecule has 0 N–H and O–H groups in total. The van der Waals surface area contributed by atoms with Gasteiger partial charge in [-0.3, -0.25) is 4.79 Å². The molecule has 4 aromatic rings. The van der Waals surface area contributed by atoms with Crippen LogP contribution in [0.15, 0.2) is 58.2 Å². The van der Waals surface area contributed by atoms with E-state index in [1.807, 2.05) is 66.9 Å². The van der Waals surface area contributed by atoms with Gasteiger partial charge in [-0.2, -0.15) is 9.50 Å². The number of hydrogen-bond acceptors (Lipinski definition) is 6. The first-order valence-electron chi connectivity index (χ1n) is 8.54. The SMILES string of the molecule is COc1ccc(/C=C/c2nc3s/c(=C/c4ccc(SC)cc4)c(=O)n3n2)cc1. The molecule has 7 heteroatoms. The molecule has 0 bridgehead atoms. The number of nitrogens with zero attached hydrogens (tertiary/aromatic N) is 3. The second-order valence-corrected chi connectivity index (χ2v) is 7.85. The smallest absolute Gasteiger partial charge is 0.291 e. The zero-order valence-electron chi connectivity index (χ0n) is 15.3. The lowest BCUT2D eigenvalue weighted by Gasteiger charge is -1.98. The van der Waals surface area contributed by atoms with Crippen LogP contribution in [0.2, 0.25) is 0 Å². The van der Waals surface area contributed by atoms with Crippen LogP contribution in [0.1, 0.15) is 17.0 Å². The maximum absolute atomic E-state index is 12.6. The van der Waals surface area contributed by atoms with Gasteiger partial charge < -0.3 is 4.74 Å². The Labute approximate surface area is 170 Å². The van der Waals surface area contributed by atoms with E-state index in [-0.39, 0.29) is 5.56 Å². The number of methoxy groups -OCH3 is 1. The maximum atomic E-state index is 12.6. The Hall–Kier alpha value is -2.90. The lowest BCUT2D eigenvalue weighted by molar-refractivity contribution is 0.415. The number of rotatable bonds is 5. The van der Waals surface area contributed by atoms with E-state index >= 15 is 0 Å². The topological polar surface area (TPSA) is 56.5 Å². The largest absolute Gasteiger partial charge is 0.497 e. The van der Waals surface area contributed by atoms with Crippen LogP contribution in [0.4, 0.5) is 0 Å². The van der Waals surface area contributed by atoms with Crippen LogP contribution in [0.25, 0.3) is 23.2 Å². The molecule has 0 spiro atoms. The summed E-state index contributed by atoms with van der Waals surface area (Å²) in [5.41, 5.74) is 1.84. The fourth-order valence-electron chi connectivity index (χ4n) is 2.66. The molecule has 0 aliphatic rings. The molecule has 28 heavy (non-hydrogen) atoms. The van der Waals surface area contributed by atoms with Gasteiger partial charge in [-0.05, 0) is 53.8 Å². The van der Waals surface area contributed by atoms with E-state index in [1.165, 1.54) is 20.7 Å². The Morgan fingerprint density at radius 2 is 1.75 bits per heavy atom. The highest BCUT2D eigenvalue weighted by Crippen LogP contribution is 2.16. The number of ether oxygens (including phenoxy) is 1. The molecular weight excluding hydrogens is 390 g/mol. The fourth-order valence-corrected chi connectivity index (χ4v) is 3.98. The van der Waals surface area contributed by atoms with Crippen molar-refractivity contribution in [3.63, 3.8) is 0 Å². The summed E-state index contributed by atoms with van der Waals surface area (Å²) in [5.74, 6) is 1.32. The molecule has 2 heterocycles. The molecular formula is C21H17N3O2S2. The molecule has 0 saturated carbocycles. The van der Waals surface area contributed by atoms with Crippen molar-refractivity contribution in [1.82, 2.24) is 14.6 Å². The number of aromatic nitrogens is 3. The minimum Gasteiger partial charge on any atom is -0.497 e. The van der Waals surface area contributed by atoms with Crippen LogP contribution in [0.5, 0.6) is 5.75 Å². The summed E-state index contributed by atoms with van der Waals surface area (Å²) in [5, 5.41) is 4.32. The first kappa shape index (κ1) is 18.5. The maximum Gasteiger partial charge on any atom is 0.291 e. The first-order valence-corrected chi connectivity index (χ1v) is 10.6. The summed E-state index contributed by atoms with van der Waals surface area (Å²) < 4.78 is 7.13. The van der Waals surface area contributed by atoms with Crippen molar-refractivity contribution in [2.45, 2.75) is 4.90 Å². The minimum atomic E-state index is -0.148. The lowest BCUT2D eigenvalue weighted by Crippen LogP contribution is -2.23. The third-order valence-electron chi connectivity index (χ3n) is 4.15. The molecule has 0 atom stereocenters. The highest BCUT2D eigenvalue weighted by molar-refractivity contribution is 7.98. The first-order chi connectivity index (χ1) is 13.7. The number of thiazole rings is 1. The van der Waals surface area contributed by atoms with Crippen LogP contribution in [0, 0.1) is 0 Å². The third-order valence-corrected chi connectivity index (χ3v) is 5.86. The average Bonchev–Trinajstić information content (AvgIpc) is 3.26. The Morgan fingerprint density at radius 1 is 1.04 bits per heavy atom. The van der Waals surface area contributed by atoms with Crippen LogP contribution in [-0.2, 0) is 0 Å². The van der Waals surface area contributed by atoms with Gasteiger partial charge in [0.15, 0.2) is 5.82 Å². The van der Waals surface area contributed by atoms with E-state index in [4.69, 9.17) is 4.74 Å². The zero-order valence-corrected chi connectivity index (χ0v) is 17.0. The number of benzene rings is 2. The Bertz CT molecular complexity index is 1240. The van der Waals surface area contributed by atoms with Gasteiger partial charge >= 0.3 is 0 Å². The fraction of sp³-hybridized carbons (Fsp3) is 0.0952. The van der Waals surface area contributed by atoms with Crippen molar-refractivity contribution in [3.8, 4) is 5.75 Å². The molecule has 5 nitrogen and oxygen atoms in total. The molecule has 140 valence electrons. The summed E-state index contributed by atoms with van der Waals surface area (Å²) >= 11 is 3.03.